The summed E-state index contributed by atoms with van der Waals surface area (Å²) < 4.78 is 0. The van der Waals surface area contributed by atoms with Gasteiger partial charge in [0.05, 0.1) is 16.6 Å². The van der Waals surface area contributed by atoms with E-state index in [1.807, 2.05) is 25.1 Å². The van der Waals surface area contributed by atoms with Crippen molar-refractivity contribution in [1.82, 2.24) is 9.97 Å². The maximum Gasteiger partial charge on any atom is 0.157 e. The third-order valence-electron chi connectivity index (χ3n) is 3.32. The summed E-state index contributed by atoms with van der Waals surface area (Å²) in [7, 11) is 0. The molecule has 108 valence electrons. The van der Waals surface area contributed by atoms with E-state index in [-0.39, 0.29) is 11.5 Å². The lowest BCUT2D eigenvalue weighted by molar-refractivity contribution is 0.403. The summed E-state index contributed by atoms with van der Waals surface area (Å²) in [5.41, 5.74) is 3.70. The normalized spacial score (nSPS) is 11.5. The summed E-state index contributed by atoms with van der Waals surface area (Å²) in [6.07, 6.45) is 1.60. The molecule has 22 heavy (non-hydrogen) atoms. The molecule has 3 N–H and O–H groups in total. The van der Waals surface area contributed by atoms with E-state index in [0.29, 0.717) is 17.0 Å². The number of phenols is 2. The molecule has 0 bridgehead atoms. The van der Waals surface area contributed by atoms with Gasteiger partial charge in [-0.2, -0.15) is 5.26 Å². The number of benzene rings is 2. The second-order valence-electron chi connectivity index (χ2n) is 5.02. The Hall–Kier alpha value is -3.26. The number of nitriles is 1. The van der Waals surface area contributed by atoms with Crippen molar-refractivity contribution in [2.75, 3.05) is 0 Å². The minimum atomic E-state index is -0.230. The number of rotatable bonds is 2. The van der Waals surface area contributed by atoms with Crippen molar-refractivity contribution >= 4 is 22.7 Å². The molecule has 0 fully saturated rings. The topological polar surface area (TPSA) is 92.9 Å². The first-order valence-electron chi connectivity index (χ1n) is 6.67. The van der Waals surface area contributed by atoms with E-state index in [9.17, 15) is 15.5 Å². The van der Waals surface area contributed by atoms with Crippen LogP contribution in [-0.4, -0.2) is 20.2 Å². The van der Waals surface area contributed by atoms with E-state index >= 15 is 0 Å². The zero-order chi connectivity index (χ0) is 15.7. The van der Waals surface area contributed by atoms with E-state index in [1.54, 1.807) is 12.1 Å². The monoisotopic (exact) mass is 291 g/mol. The number of aryl methyl sites for hydroxylation is 1. The molecule has 5 heteroatoms. The van der Waals surface area contributed by atoms with Gasteiger partial charge in [0.15, 0.2) is 11.5 Å². The Bertz CT molecular complexity index is 933. The number of allylic oxidation sites excluding steroid dienone is 1. The number of hydrogen-bond donors (Lipinski definition) is 3. The Morgan fingerprint density at radius 1 is 1.18 bits per heavy atom. The van der Waals surface area contributed by atoms with Crippen LogP contribution in [0.25, 0.3) is 22.7 Å². The summed E-state index contributed by atoms with van der Waals surface area (Å²) >= 11 is 0. The third-order valence-corrected chi connectivity index (χ3v) is 3.32. The van der Waals surface area contributed by atoms with Gasteiger partial charge < -0.3 is 15.2 Å². The van der Waals surface area contributed by atoms with Crippen LogP contribution in [0.5, 0.6) is 11.5 Å². The fourth-order valence-corrected chi connectivity index (χ4v) is 2.20. The number of nitrogens with one attached hydrogen (secondary N) is 1. The van der Waals surface area contributed by atoms with Crippen LogP contribution < -0.4 is 0 Å². The highest BCUT2D eigenvalue weighted by Gasteiger charge is 2.09. The van der Waals surface area contributed by atoms with Crippen LogP contribution in [0.4, 0.5) is 0 Å². The second-order valence-corrected chi connectivity index (χ2v) is 5.02. The lowest BCUT2D eigenvalue weighted by Crippen LogP contribution is -1.85. The molecule has 0 saturated heterocycles. The number of H-pyrrole nitrogens is 1. The summed E-state index contributed by atoms with van der Waals surface area (Å²) in [6.45, 7) is 1.99. The minimum absolute atomic E-state index is 0.199. The largest absolute Gasteiger partial charge is 0.504 e. The average molecular weight is 291 g/mol. The summed E-state index contributed by atoms with van der Waals surface area (Å²) in [5, 5.41) is 28.2. The quantitative estimate of drug-likeness (QED) is 0.498. The smallest absolute Gasteiger partial charge is 0.157 e. The molecule has 0 saturated carbocycles. The van der Waals surface area contributed by atoms with Gasteiger partial charge in [0, 0.05) is 0 Å². The molecular weight excluding hydrogens is 278 g/mol. The highest BCUT2D eigenvalue weighted by molar-refractivity contribution is 5.90. The average Bonchev–Trinajstić information content (AvgIpc) is 2.91. The molecule has 5 nitrogen and oxygen atoms in total. The first-order valence-corrected chi connectivity index (χ1v) is 6.67. The molecule has 1 heterocycles. The Morgan fingerprint density at radius 3 is 2.73 bits per heavy atom. The van der Waals surface area contributed by atoms with Crippen LogP contribution in [0.1, 0.15) is 17.0 Å². The van der Waals surface area contributed by atoms with Crippen molar-refractivity contribution in [3.8, 4) is 17.6 Å². The van der Waals surface area contributed by atoms with Crippen LogP contribution in [-0.2, 0) is 0 Å². The van der Waals surface area contributed by atoms with Crippen LogP contribution in [0.2, 0.25) is 0 Å². The van der Waals surface area contributed by atoms with E-state index < -0.39 is 0 Å². The van der Waals surface area contributed by atoms with Gasteiger partial charge in [-0.25, -0.2) is 4.98 Å². The molecule has 0 aliphatic heterocycles. The predicted molar refractivity (Wildman–Crippen MR) is 84.1 cm³/mol. The molecule has 0 radical (unpaired) electrons. The number of aromatic amines is 1. The molecule has 0 atom stereocenters. The highest BCUT2D eigenvalue weighted by atomic mass is 16.3. The number of imidazole rings is 1. The molecule has 0 aliphatic carbocycles. The molecule has 0 amide bonds. The number of fused-ring (bicyclic) bond motifs is 1. The Labute approximate surface area is 126 Å². The van der Waals surface area contributed by atoms with Gasteiger partial charge >= 0.3 is 0 Å². The van der Waals surface area contributed by atoms with Gasteiger partial charge in [-0.15, -0.1) is 0 Å². The molecular formula is C17H13N3O2. The second kappa shape index (κ2) is 5.26. The Kier molecular flexibility index (Phi) is 3.28. The Morgan fingerprint density at radius 2 is 2.00 bits per heavy atom. The maximum atomic E-state index is 9.52. The number of phenolic OH excluding ortho intramolecular Hbond substituents is 2. The van der Waals surface area contributed by atoms with Crippen LogP contribution in [0.15, 0.2) is 36.4 Å². The van der Waals surface area contributed by atoms with Crippen molar-refractivity contribution in [3.05, 3.63) is 53.3 Å². The van der Waals surface area contributed by atoms with Gasteiger partial charge in [-0.05, 0) is 48.4 Å². The SMILES string of the molecule is Cc1ccc2nc(/C(C#N)=C\c3ccc(O)c(O)c3)[nH]c2c1. The maximum absolute atomic E-state index is 9.52. The fraction of sp³-hybridized carbons (Fsp3) is 0.0588. The number of aromatic hydroxyl groups is 2. The lowest BCUT2D eigenvalue weighted by atomic mass is 10.1. The summed E-state index contributed by atoms with van der Waals surface area (Å²) in [6, 6.07) is 12.3. The van der Waals surface area contributed by atoms with Gasteiger partial charge in [-0.1, -0.05) is 12.1 Å². The molecule has 0 spiro atoms. The Balaban J connectivity index is 2.07. The molecule has 3 aromatic rings. The lowest BCUT2D eigenvalue weighted by Gasteiger charge is -1.99. The fourth-order valence-electron chi connectivity index (χ4n) is 2.20. The molecule has 1 aromatic heterocycles. The number of aromatic nitrogens is 2. The summed E-state index contributed by atoms with van der Waals surface area (Å²) in [4.78, 5) is 7.52. The highest BCUT2D eigenvalue weighted by Crippen LogP contribution is 2.27. The third kappa shape index (κ3) is 2.50. The first kappa shape index (κ1) is 13.7. The molecule has 0 unspecified atom stereocenters. The van der Waals surface area contributed by atoms with Gasteiger partial charge in [0.25, 0.3) is 0 Å². The van der Waals surface area contributed by atoms with Crippen molar-refractivity contribution in [3.63, 3.8) is 0 Å². The van der Waals surface area contributed by atoms with Crippen LogP contribution in [0, 0.1) is 18.3 Å². The zero-order valence-electron chi connectivity index (χ0n) is 11.8. The predicted octanol–water partition coefficient (Wildman–Crippen LogP) is 3.35. The zero-order valence-corrected chi connectivity index (χ0v) is 11.8. The van der Waals surface area contributed by atoms with Gasteiger partial charge in [0.1, 0.15) is 11.9 Å². The molecule has 2 aromatic carbocycles. The van der Waals surface area contributed by atoms with E-state index in [0.717, 1.165) is 16.6 Å². The van der Waals surface area contributed by atoms with Crippen molar-refractivity contribution in [1.29, 1.82) is 5.26 Å². The standard InChI is InChI=1S/C17H13N3O2/c1-10-2-4-13-14(6-10)20-17(19-13)12(9-18)7-11-3-5-15(21)16(22)8-11/h2-8,21-22H,1H3,(H,19,20)/b12-7-. The van der Waals surface area contributed by atoms with Crippen molar-refractivity contribution in [2.45, 2.75) is 6.92 Å². The first-order chi connectivity index (χ1) is 10.6. The van der Waals surface area contributed by atoms with Crippen LogP contribution >= 0.6 is 0 Å². The summed E-state index contributed by atoms with van der Waals surface area (Å²) in [5.74, 6) is 0.0387. The van der Waals surface area contributed by atoms with Crippen molar-refractivity contribution in [2.24, 2.45) is 0 Å². The van der Waals surface area contributed by atoms with E-state index in [2.05, 4.69) is 16.0 Å². The van der Waals surface area contributed by atoms with Gasteiger partial charge in [0.2, 0.25) is 0 Å². The van der Waals surface area contributed by atoms with Crippen molar-refractivity contribution < 1.29 is 10.2 Å². The van der Waals surface area contributed by atoms with Gasteiger partial charge in [-0.3, -0.25) is 0 Å². The minimum Gasteiger partial charge on any atom is -0.504 e. The molecule has 0 aliphatic rings. The van der Waals surface area contributed by atoms with E-state index in [1.165, 1.54) is 12.1 Å². The van der Waals surface area contributed by atoms with E-state index in [4.69, 9.17) is 0 Å². The molecule has 3 rings (SSSR count). The van der Waals surface area contributed by atoms with Crippen LogP contribution in [0.3, 0.4) is 0 Å². The number of nitrogens with zero attached hydrogens (tertiary/aromatic N) is 2. The number of hydrogen-bond acceptors (Lipinski definition) is 4.